The van der Waals surface area contributed by atoms with Gasteiger partial charge >= 0.3 is 0 Å². The van der Waals surface area contributed by atoms with Crippen LogP contribution in [0.1, 0.15) is 61.9 Å². The lowest BCUT2D eigenvalue weighted by Gasteiger charge is -2.17. The highest BCUT2D eigenvalue weighted by Crippen LogP contribution is 2.21. The van der Waals surface area contributed by atoms with Crippen LogP contribution in [0.4, 0.5) is 0 Å². The van der Waals surface area contributed by atoms with Crippen molar-refractivity contribution in [2.75, 3.05) is 0 Å². The molecule has 0 aliphatic rings. The number of unbranched alkanes of at least 4 members (excludes halogenated alkanes) is 3. The van der Waals surface area contributed by atoms with Crippen LogP contribution in [0.2, 0.25) is 0 Å². The Morgan fingerprint density at radius 1 is 1.29 bits per heavy atom. The number of nitrogens with two attached hydrogens (primary N) is 1. The molecule has 0 saturated carbocycles. The maximum atomic E-state index is 5.64. The summed E-state index contributed by atoms with van der Waals surface area (Å²) in [5, 5.41) is 0. The predicted molar refractivity (Wildman–Crippen MR) is 72.5 cm³/mol. The number of nitrogens with zero attached hydrogens (tertiary/aromatic N) is 1. The first-order chi connectivity index (χ1) is 8.19. The second-order valence-corrected chi connectivity index (χ2v) is 4.78. The van der Waals surface area contributed by atoms with Gasteiger partial charge in [-0.15, -0.1) is 0 Å². The Labute approximate surface area is 105 Å². The highest BCUT2D eigenvalue weighted by atomic mass is 15.2. The highest BCUT2D eigenvalue weighted by Gasteiger charge is 2.13. The van der Waals surface area contributed by atoms with Crippen molar-refractivity contribution in [2.24, 2.45) is 5.84 Å². The number of nitrogens with one attached hydrogen (secondary N) is 1. The van der Waals surface area contributed by atoms with Crippen LogP contribution in [0.15, 0.2) is 12.3 Å². The first-order valence-electron chi connectivity index (χ1n) is 6.58. The molecule has 1 aromatic rings. The fourth-order valence-corrected chi connectivity index (χ4v) is 2.16. The van der Waals surface area contributed by atoms with Crippen LogP contribution in [-0.2, 0) is 0 Å². The Balaban J connectivity index is 2.59. The van der Waals surface area contributed by atoms with Crippen LogP contribution < -0.4 is 11.3 Å². The Hall–Kier alpha value is -0.930. The lowest BCUT2D eigenvalue weighted by molar-refractivity contribution is 0.471. The first-order valence-corrected chi connectivity index (χ1v) is 6.58. The third-order valence-corrected chi connectivity index (χ3v) is 3.13. The Morgan fingerprint density at radius 2 is 2.06 bits per heavy atom. The zero-order valence-corrected chi connectivity index (χ0v) is 11.3. The molecule has 3 N–H and O–H groups in total. The van der Waals surface area contributed by atoms with Crippen LogP contribution in [-0.4, -0.2) is 4.98 Å². The van der Waals surface area contributed by atoms with E-state index in [4.69, 9.17) is 5.84 Å². The zero-order chi connectivity index (χ0) is 12.7. The van der Waals surface area contributed by atoms with Gasteiger partial charge in [-0.1, -0.05) is 38.7 Å². The lowest BCUT2D eigenvalue weighted by Crippen LogP contribution is -2.29. The maximum Gasteiger partial charge on any atom is 0.0634 e. The van der Waals surface area contributed by atoms with Crippen molar-refractivity contribution in [1.82, 2.24) is 10.4 Å². The molecular formula is C14H25N3. The van der Waals surface area contributed by atoms with Crippen molar-refractivity contribution < 1.29 is 0 Å². The van der Waals surface area contributed by atoms with E-state index in [1.54, 1.807) is 0 Å². The molecule has 0 aliphatic heterocycles. The average Bonchev–Trinajstić information content (AvgIpc) is 2.31. The molecule has 1 aromatic heterocycles. The Bertz CT molecular complexity index is 336. The van der Waals surface area contributed by atoms with Crippen molar-refractivity contribution in [1.29, 1.82) is 0 Å². The molecular weight excluding hydrogens is 210 g/mol. The van der Waals surface area contributed by atoms with Crippen molar-refractivity contribution in [3.05, 3.63) is 29.1 Å². The van der Waals surface area contributed by atoms with Crippen molar-refractivity contribution in [3.63, 3.8) is 0 Å². The Morgan fingerprint density at radius 3 is 2.65 bits per heavy atom. The average molecular weight is 235 g/mol. The molecule has 1 atom stereocenters. The van der Waals surface area contributed by atoms with E-state index in [0.717, 1.165) is 12.1 Å². The number of hydrogen-bond acceptors (Lipinski definition) is 3. The molecule has 0 saturated heterocycles. The molecule has 0 aromatic carbocycles. The molecule has 0 fully saturated rings. The first kappa shape index (κ1) is 14.1. The summed E-state index contributed by atoms with van der Waals surface area (Å²) >= 11 is 0. The van der Waals surface area contributed by atoms with E-state index in [1.807, 2.05) is 6.20 Å². The molecule has 0 aliphatic carbocycles. The van der Waals surface area contributed by atoms with E-state index in [0.29, 0.717) is 0 Å². The maximum absolute atomic E-state index is 5.64. The van der Waals surface area contributed by atoms with Crippen LogP contribution in [0.3, 0.4) is 0 Å². The van der Waals surface area contributed by atoms with Crippen molar-refractivity contribution >= 4 is 0 Å². The van der Waals surface area contributed by atoms with Gasteiger partial charge in [-0.3, -0.25) is 16.3 Å². The molecule has 17 heavy (non-hydrogen) atoms. The van der Waals surface area contributed by atoms with Crippen LogP contribution in [0.5, 0.6) is 0 Å². The number of hydrazine groups is 1. The molecule has 0 spiro atoms. The highest BCUT2D eigenvalue weighted by molar-refractivity contribution is 5.25. The van der Waals surface area contributed by atoms with E-state index in [1.165, 1.54) is 36.8 Å². The van der Waals surface area contributed by atoms with Gasteiger partial charge in [0.25, 0.3) is 0 Å². The number of pyridine rings is 1. The molecule has 0 bridgehead atoms. The summed E-state index contributed by atoms with van der Waals surface area (Å²) in [5.74, 6) is 5.64. The quantitative estimate of drug-likeness (QED) is 0.433. The third kappa shape index (κ3) is 4.44. The molecule has 1 heterocycles. The smallest absolute Gasteiger partial charge is 0.0634 e. The van der Waals surface area contributed by atoms with Gasteiger partial charge < -0.3 is 0 Å². The van der Waals surface area contributed by atoms with Gasteiger partial charge in [-0.25, -0.2) is 0 Å². The standard InChI is InChI=1S/C14H25N3/c1-4-5-6-7-8-13(17-15)14-12(3)9-11(2)10-16-14/h9-10,13,17H,4-8,15H2,1-3H3. The second-order valence-electron chi connectivity index (χ2n) is 4.78. The van der Waals surface area contributed by atoms with E-state index < -0.39 is 0 Å². The fraction of sp³-hybridized carbons (Fsp3) is 0.643. The van der Waals surface area contributed by atoms with Gasteiger partial charge in [-0.2, -0.15) is 0 Å². The summed E-state index contributed by atoms with van der Waals surface area (Å²) in [6.07, 6.45) is 8.03. The third-order valence-electron chi connectivity index (χ3n) is 3.13. The number of aromatic nitrogens is 1. The van der Waals surface area contributed by atoms with Crippen molar-refractivity contribution in [2.45, 2.75) is 58.9 Å². The van der Waals surface area contributed by atoms with Gasteiger partial charge in [0.15, 0.2) is 0 Å². The summed E-state index contributed by atoms with van der Waals surface area (Å²) in [6, 6.07) is 2.35. The van der Waals surface area contributed by atoms with Crippen LogP contribution >= 0.6 is 0 Å². The van der Waals surface area contributed by atoms with Gasteiger partial charge in [0.1, 0.15) is 0 Å². The van der Waals surface area contributed by atoms with E-state index in [2.05, 4.69) is 37.2 Å². The van der Waals surface area contributed by atoms with Gasteiger partial charge in [0.2, 0.25) is 0 Å². The second kappa shape index (κ2) is 7.41. The van der Waals surface area contributed by atoms with E-state index in [9.17, 15) is 0 Å². The molecule has 0 amide bonds. The molecule has 3 nitrogen and oxygen atoms in total. The summed E-state index contributed by atoms with van der Waals surface area (Å²) in [4.78, 5) is 4.51. The summed E-state index contributed by atoms with van der Waals surface area (Å²) < 4.78 is 0. The Kier molecular flexibility index (Phi) is 6.16. The minimum absolute atomic E-state index is 0.187. The van der Waals surface area contributed by atoms with Crippen LogP contribution in [0, 0.1) is 13.8 Å². The van der Waals surface area contributed by atoms with Gasteiger partial charge in [-0.05, 0) is 31.4 Å². The van der Waals surface area contributed by atoms with Crippen LogP contribution in [0.25, 0.3) is 0 Å². The summed E-state index contributed by atoms with van der Waals surface area (Å²) in [6.45, 7) is 6.39. The SMILES string of the molecule is CCCCCCC(NN)c1ncc(C)cc1C. The summed E-state index contributed by atoms with van der Waals surface area (Å²) in [7, 11) is 0. The molecule has 3 heteroatoms. The molecule has 0 radical (unpaired) electrons. The summed E-state index contributed by atoms with van der Waals surface area (Å²) in [5.41, 5.74) is 6.41. The number of aryl methyl sites for hydroxylation is 2. The fourth-order valence-electron chi connectivity index (χ4n) is 2.16. The molecule has 96 valence electrons. The molecule has 1 rings (SSSR count). The van der Waals surface area contributed by atoms with E-state index >= 15 is 0 Å². The van der Waals surface area contributed by atoms with Gasteiger partial charge in [0.05, 0.1) is 11.7 Å². The minimum atomic E-state index is 0.187. The molecule has 1 unspecified atom stereocenters. The van der Waals surface area contributed by atoms with Gasteiger partial charge in [0, 0.05) is 6.20 Å². The number of rotatable bonds is 7. The normalized spacial score (nSPS) is 12.7. The minimum Gasteiger partial charge on any atom is -0.271 e. The van der Waals surface area contributed by atoms with Crippen molar-refractivity contribution in [3.8, 4) is 0 Å². The monoisotopic (exact) mass is 235 g/mol. The topological polar surface area (TPSA) is 50.9 Å². The number of hydrogen-bond donors (Lipinski definition) is 2. The largest absolute Gasteiger partial charge is 0.271 e. The lowest BCUT2D eigenvalue weighted by atomic mass is 10.0. The van der Waals surface area contributed by atoms with E-state index in [-0.39, 0.29) is 6.04 Å². The zero-order valence-electron chi connectivity index (χ0n) is 11.3. The predicted octanol–water partition coefficient (Wildman–Crippen LogP) is 3.17.